The summed E-state index contributed by atoms with van der Waals surface area (Å²) in [4.78, 5) is 12.3. The molecule has 0 atom stereocenters. The van der Waals surface area contributed by atoms with Gasteiger partial charge in [0.1, 0.15) is 5.69 Å². The lowest BCUT2D eigenvalue weighted by Gasteiger charge is -2.20. The molecule has 0 aromatic heterocycles. The maximum atomic E-state index is 11.9. The van der Waals surface area contributed by atoms with Crippen molar-refractivity contribution in [3.63, 3.8) is 0 Å². The highest BCUT2D eigenvalue weighted by Crippen LogP contribution is 2.34. The van der Waals surface area contributed by atoms with E-state index in [1.165, 1.54) is 19.2 Å². The molecule has 1 aliphatic rings. The van der Waals surface area contributed by atoms with Crippen LogP contribution >= 0.6 is 0 Å². The van der Waals surface area contributed by atoms with E-state index in [0.29, 0.717) is 23.7 Å². The zero-order chi connectivity index (χ0) is 18.9. The summed E-state index contributed by atoms with van der Waals surface area (Å²) >= 11 is 0. The Morgan fingerprint density at radius 2 is 1.92 bits per heavy atom. The Kier molecular flexibility index (Phi) is 4.70. The zero-order valence-corrected chi connectivity index (χ0v) is 14.9. The van der Waals surface area contributed by atoms with Crippen LogP contribution in [0.2, 0.25) is 0 Å². The second-order valence-electron chi connectivity index (χ2n) is 5.66. The third-order valence-electron chi connectivity index (χ3n) is 3.99. The van der Waals surface area contributed by atoms with Crippen molar-refractivity contribution in [2.45, 2.75) is 11.4 Å². The number of anilines is 1. The third-order valence-corrected chi connectivity index (χ3v) is 5.40. The van der Waals surface area contributed by atoms with Gasteiger partial charge in [-0.1, -0.05) is 6.07 Å². The van der Waals surface area contributed by atoms with Crippen LogP contribution in [0, 0.1) is 10.1 Å². The first-order chi connectivity index (χ1) is 12.3. The standard InChI is InChI=1S/C16H17N3O6S/c1-17-26(22,23)12-4-5-13(14(8-12)19(20)21)18(2)9-11-3-6-15-16(7-11)25-10-24-15/h3-8,17H,9-10H2,1-2H3. The Hall–Kier alpha value is -2.85. The molecule has 9 nitrogen and oxygen atoms in total. The molecule has 0 fully saturated rings. The van der Waals surface area contributed by atoms with Crippen LogP contribution in [0.4, 0.5) is 11.4 Å². The smallest absolute Gasteiger partial charge is 0.293 e. The third kappa shape index (κ3) is 3.41. The molecule has 0 amide bonds. The van der Waals surface area contributed by atoms with Crippen LogP contribution in [0.1, 0.15) is 5.56 Å². The molecule has 0 saturated carbocycles. The number of nitro benzene ring substituents is 1. The quantitative estimate of drug-likeness (QED) is 0.602. The molecule has 0 unspecified atom stereocenters. The summed E-state index contributed by atoms with van der Waals surface area (Å²) in [5.41, 5.74) is 0.894. The summed E-state index contributed by atoms with van der Waals surface area (Å²) in [6.45, 7) is 0.539. The van der Waals surface area contributed by atoms with Gasteiger partial charge < -0.3 is 14.4 Å². The fourth-order valence-corrected chi connectivity index (χ4v) is 3.41. The lowest BCUT2D eigenvalue weighted by atomic mass is 10.1. The maximum Gasteiger partial charge on any atom is 0.293 e. The van der Waals surface area contributed by atoms with Crippen LogP contribution in [-0.2, 0) is 16.6 Å². The SMILES string of the molecule is CNS(=O)(=O)c1ccc(N(C)Cc2ccc3c(c2)OCO3)c([N+](=O)[O-])c1. The lowest BCUT2D eigenvalue weighted by molar-refractivity contribution is -0.384. The van der Waals surface area contributed by atoms with Gasteiger partial charge in [-0.25, -0.2) is 13.1 Å². The van der Waals surface area contributed by atoms with Crippen molar-refractivity contribution in [3.8, 4) is 11.5 Å². The van der Waals surface area contributed by atoms with E-state index in [1.54, 1.807) is 18.0 Å². The summed E-state index contributed by atoms with van der Waals surface area (Å²) in [6, 6.07) is 9.25. The van der Waals surface area contributed by atoms with E-state index in [1.807, 2.05) is 12.1 Å². The van der Waals surface area contributed by atoms with Crippen molar-refractivity contribution >= 4 is 21.4 Å². The Labute approximate surface area is 150 Å². The van der Waals surface area contributed by atoms with Gasteiger partial charge in [-0.05, 0) is 36.9 Å². The van der Waals surface area contributed by atoms with E-state index in [2.05, 4.69) is 4.72 Å². The monoisotopic (exact) mass is 379 g/mol. The van der Waals surface area contributed by atoms with E-state index in [9.17, 15) is 18.5 Å². The molecular weight excluding hydrogens is 362 g/mol. The Morgan fingerprint density at radius 3 is 2.62 bits per heavy atom. The van der Waals surface area contributed by atoms with Gasteiger partial charge in [-0.15, -0.1) is 0 Å². The van der Waals surface area contributed by atoms with E-state index in [-0.39, 0.29) is 17.4 Å². The van der Waals surface area contributed by atoms with Crippen molar-refractivity contribution in [2.75, 3.05) is 25.8 Å². The van der Waals surface area contributed by atoms with Gasteiger partial charge in [0.25, 0.3) is 5.69 Å². The average molecular weight is 379 g/mol. The number of benzene rings is 2. The Bertz CT molecular complexity index is 960. The molecule has 26 heavy (non-hydrogen) atoms. The van der Waals surface area contributed by atoms with Crippen molar-refractivity contribution in [1.82, 2.24) is 4.72 Å². The largest absolute Gasteiger partial charge is 0.454 e. The fraction of sp³-hybridized carbons (Fsp3) is 0.250. The number of sulfonamides is 1. The number of nitrogens with one attached hydrogen (secondary N) is 1. The fourth-order valence-electron chi connectivity index (χ4n) is 2.66. The number of hydrogen-bond donors (Lipinski definition) is 1. The molecule has 0 spiro atoms. The van der Waals surface area contributed by atoms with Crippen LogP contribution in [0.3, 0.4) is 0 Å². The summed E-state index contributed by atoms with van der Waals surface area (Å²) < 4.78 is 36.5. The molecule has 1 aliphatic heterocycles. The molecule has 2 aromatic carbocycles. The Balaban J connectivity index is 1.91. The van der Waals surface area contributed by atoms with Crippen molar-refractivity contribution < 1.29 is 22.8 Å². The van der Waals surface area contributed by atoms with Gasteiger partial charge in [0.2, 0.25) is 16.8 Å². The average Bonchev–Trinajstić information content (AvgIpc) is 3.08. The topological polar surface area (TPSA) is 111 Å². The van der Waals surface area contributed by atoms with Gasteiger partial charge in [-0.2, -0.15) is 0 Å². The molecule has 0 bridgehead atoms. The maximum absolute atomic E-state index is 11.9. The van der Waals surface area contributed by atoms with E-state index in [0.717, 1.165) is 11.6 Å². The van der Waals surface area contributed by atoms with Gasteiger partial charge in [0, 0.05) is 19.7 Å². The van der Waals surface area contributed by atoms with Crippen LogP contribution < -0.4 is 19.1 Å². The predicted molar refractivity (Wildman–Crippen MR) is 94.0 cm³/mol. The van der Waals surface area contributed by atoms with Crippen LogP contribution in [0.5, 0.6) is 11.5 Å². The number of fused-ring (bicyclic) bond motifs is 1. The predicted octanol–water partition coefficient (Wildman–Crippen LogP) is 1.87. The molecule has 138 valence electrons. The molecule has 1 heterocycles. The highest BCUT2D eigenvalue weighted by Gasteiger charge is 2.23. The van der Waals surface area contributed by atoms with E-state index < -0.39 is 14.9 Å². The number of ether oxygens (including phenoxy) is 2. The number of nitro groups is 1. The summed E-state index contributed by atoms with van der Waals surface area (Å²) in [5.74, 6) is 1.28. The van der Waals surface area contributed by atoms with Crippen LogP contribution in [-0.4, -0.2) is 34.2 Å². The molecular formula is C16H17N3O6S. The summed E-state index contributed by atoms with van der Waals surface area (Å²) in [7, 11) is -0.821. The first kappa shape index (κ1) is 18.0. The molecule has 2 aromatic rings. The highest BCUT2D eigenvalue weighted by molar-refractivity contribution is 7.89. The number of nitrogens with zero attached hydrogens (tertiary/aromatic N) is 2. The van der Waals surface area contributed by atoms with Gasteiger partial charge >= 0.3 is 0 Å². The van der Waals surface area contributed by atoms with Crippen molar-refractivity contribution in [1.29, 1.82) is 0 Å². The van der Waals surface area contributed by atoms with Crippen LogP contribution in [0.15, 0.2) is 41.3 Å². The second-order valence-corrected chi connectivity index (χ2v) is 7.55. The minimum atomic E-state index is -3.77. The summed E-state index contributed by atoms with van der Waals surface area (Å²) in [6.07, 6.45) is 0. The molecule has 0 saturated heterocycles. The molecule has 0 aliphatic carbocycles. The zero-order valence-electron chi connectivity index (χ0n) is 14.1. The van der Waals surface area contributed by atoms with Crippen LogP contribution in [0.25, 0.3) is 0 Å². The number of hydrogen-bond acceptors (Lipinski definition) is 7. The van der Waals surface area contributed by atoms with Crippen molar-refractivity contribution in [3.05, 3.63) is 52.1 Å². The minimum absolute atomic E-state index is 0.160. The van der Waals surface area contributed by atoms with Crippen molar-refractivity contribution in [2.24, 2.45) is 0 Å². The van der Waals surface area contributed by atoms with E-state index in [4.69, 9.17) is 9.47 Å². The first-order valence-electron chi connectivity index (χ1n) is 7.63. The van der Waals surface area contributed by atoms with Gasteiger partial charge in [0.15, 0.2) is 11.5 Å². The number of rotatable bonds is 6. The molecule has 1 N–H and O–H groups in total. The van der Waals surface area contributed by atoms with Gasteiger partial charge in [0.05, 0.1) is 9.82 Å². The lowest BCUT2D eigenvalue weighted by Crippen LogP contribution is -2.20. The van der Waals surface area contributed by atoms with Gasteiger partial charge in [-0.3, -0.25) is 10.1 Å². The first-order valence-corrected chi connectivity index (χ1v) is 9.12. The molecule has 3 rings (SSSR count). The minimum Gasteiger partial charge on any atom is -0.454 e. The normalized spacial score (nSPS) is 12.8. The van der Waals surface area contributed by atoms with E-state index >= 15 is 0 Å². The molecule has 0 radical (unpaired) electrons. The highest BCUT2D eigenvalue weighted by atomic mass is 32.2. The molecule has 10 heteroatoms. The second kappa shape index (κ2) is 6.81. The summed E-state index contributed by atoms with van der Waals surface area (Å²) in [5, 5.41) is 11.4. The Morgan fingerprint density at radius 1 is 1.19 bits per heavy atom.